The molecule has 0 saturated carbocycles. The molecule has 0 fully saturated rings. The molecule has 3 aromatic carbocycles. The summed E-state index contributed by atoms with van der Waals surface area (Å²) in [6.07, 6.45) is 5.80. The van der Waals surface area contributed by atoms with Crippen LogP contribution in [-0.2, 0) is 32.1 Å². The van der Waals surface area contributed by atoms with E-state index in [0.717, 1.165) is 44.2 Å². The summed E-state index contributed by atoms with van der Waals surface area (Å²) in [5, 5.41) is 13.5. The van der Waals surface area contributed by atoms with E-state index in [9.17, 15) is 5.11 Å². The minimum atomic E-state index is 0.211. The quantitative estimate of drug-likeness (QED) is 0.286. The topological polar surface area (TPSA) is 58.3 Å². The molecular weight excluding hydrogens is 404 g/mol. The first kappa shape index (κ1) is 24.7. The van der Waals surface area contributed by atoms with Gasteiger partial charge in [0.05, 0.1) is 6.04 Å². The number of benzene rings is 3. The Bertz CT molecular complexity index is 1020. The van der Waals surface area contributed by atoms with E-state index in [-0.39, 0.29) is 6.04 Å². The Labute approximate surface area is 200 Å². The van der Waals surface area contributed by atoms with Gasteiger partial charge >= 0.3 is 0 Å². The van der Waals surface area contributed by atoms with Crippen LogP contribution in [0.1, 0.15) is 86.0 Å². The maximum Gasteiger partial charge on any atom is 0.115 e. The molecule has 0 radical (unpaired) electrons. The minimum absolute atomic E-state index is 0.211. The second kappa shape index (κ2) is 11.3. The van der Waals surface area contributed by atoms with Crippen LogP contribution >= 0.6 is 0 Å². The summed E-state index contributed by atoms with van der Waals surface area (Å²) in [6.45, 7) is 11.0. The SMILES string of the molecule is CCc1cc(Cc2cc(CC)c(NC(CC)c3ccc(O)cc3)c(CC)c2)cc(CC)c1N. The van der Waals surface area contributed by atoms with E-state index >= 15 is 0 Å². The van der Waals surface area contributed by atoms with Gasteiger partial charge in [-0.1, -0.05) is 71.0 Å². The third-order valence-electron chi connectivity index (χ3n) is 6.73. The van der Waals surface area contributed by atoms with Gasteiger partial charge < -0.3 is 16.2 Å². The molecule has 0 aliphatic rings. The summed E-state index contributed by atoms with van der Waals surface area (Å²) in [5.41, 5.74) is 17.8. The number of aromatic hydroxyl groups is 1. The molecule has 33 heavy (non-hydrogen) atoms. The van der Waals surface area contributed by atoms with Gasteiger partial charge in [0.15, 0.2) is 0 Å². The molecule has 3 aromatic rings. The van der Waals surface area contributed by atoms with Crippen LogP contribution in [0.4, 0.5) is 11.4 Å². The number of hydrogen-bond acceptors (Lipinski definition) is 3. The first-order chi connectivity index (χ1) is 15.9. The molecular formula is C30H40N2O. The molecule has 4 N–H and O–H groups in total. The van der Waals surface area contributed by atoms with Crippen LogP contribution in [0.5, 0.6) is 5.75 Å². The third kappa shape index (κ3) is 5.71. The van der Waals surface area contributed by atoms with Crippen LogP contribution in [0.2, 0.25) is 0 Å². The van der Waals surface area contributed by atoms with Crippen molar-refractivity contribution in [3.63, 3.8) is 0 Å². The van der Waals surface area contributed by atoms with Crippen molar-refractivity contribution in [1.82, 2.24) is 0 Å². The van der Waals surface area contributed by atoms with E-state index in [0.29, 0.717) is 5.75 Å². The monoisotopic (exact) mass is 444 g/mol. The molecule has 1 unspecified atom stereocenters. The number of anilines is 2. The summed E-state index contributed by atoms with van der Waals surface area (Å²) < 4.78 is 0. The highest BCUT2D eigenvalue weighted by molar-refractivity contribution is 5.62. The van der Waals surface area contributed by atoms with Crippen molar-refractivity contribution < 1.29 is 5.11 Å². The lowest BCUT2D eigenvalue weighted by Gasteiger charge is -2.24. The van der Waals surface area contributed by atoms with Gasteiger partial charge in [-0.25, -0.2) is 0 Å². The van der Waals surface area contributed by atoms with E-state index in [1.807, 2.05) is 12.1 Å². The average Bonchev–Trinajstić information content (AvgIpc) is 2.84. The minimum Gasteiger partial charge on any atom is -0.508 e. The molecule has 0 aliphatic heterocycles. The van der Waals surface area contributed by atoms with Crippen molar-refractivity contribution >= 4 is 11.4 Å². The number of phenolic OH excluding ortho intramolecular Hbond substituents is 1. The first-order valence-electron chi connectivity index (χ1n) is 12.5. The number of aryl methyl sites for hydroxylation is 4. The lowest BCUT2D eigenvalue weighted by molar-refractivity contribution is 0.475. The fourth-order valence-electron chi connectivity index (χ4n) is 4.76. The number of nitrogens with two attached hydrogens (primary N) is 1. The molecule has 0 saturated heterocycles. The van der Waals surface area contributed by atoms with Crippen LogP contribution in [-0.4, -0.2) is 5.11 Å². The normalized spacial score (nSPS) is 12.0. The Hall–Kier alpha value is -2.94. The molecule has 176 valence electrons. The Morgan fingerprint density at radius 2 is 1.18 bits per heavy atom. The molecule has 3 heteroatoms. The zero-order valence-corrected chi connectivity index (χ0v) is 21.0. The second-order valence-electron chi connectivity index (χ2n) is 8.90. The van der Waals surface area contributed by atoms with Crippen molar-refractivity contribution in [3.05, 3.63) is 87.5 Å². The van der Waals surface area contributed by atoms with Gasteiger partial charge in [-0.3, -0.25) is 0 Å². The largest absolute Gasteiger partial charge is 0.508 e. The van der Waals surface area contributed by atoms with Gasteiger partial charge in [0.1, 0.15) is 5.75 Å². The van der Waals surface area contributed by atoms with E-state index in [1.165, 1.54) is 44.6 Å². The lowest BCUT2D eigenvalue weighted by atomic mass is 9.92. The fraction of sp³-hybridized carbons (Fsp3) is 0.400. The molecule has 3 rings (SSSR count). The molecule has 0 amide bonds. The Morgan fingerprint density at radius 3 is 1.61 bits per heavy atom. The van der Waals surface area contributed by atoms with Gasteiger partial charge in [-0.15, -0.1) is 0 Å². The zero-order valence-electron chi connectivity index (χ0n) is 21.0. The molecule has 0 heterocycles. The summed E-state index contributed by atoms with van der Waals surface area (Å²) in [6, 6.07) is 17.1. The summed E-state index contributed by atoms with van der Waals surface area (Å²) >= 11 is 0. The predicted molar refractivity (Wildman–Crippen MR) is 142 cm³/mol. The van der Waals surface area contributed by atoms with Crippen LogP contribution in [0.25, 0.3) is 0 Å². The summed E-state index contributed by atoms with van der Waals surface area (Å²) in [4.78, 5) is 0. The van der Waals surface area contributed by atoms with Gasteiger partial charge in [-0.2, -0.15) is 0 Å². The number of phenols is 1. The summed E-state index contributed by atoms with van der Waals surface area (Å²) in [5.74, 6) is 0.307. The van der Waals surface area contributed by atoms with Crippen LogP contribution < -0.4 is 11.1 Å². The number of nitrogen functional groups attached to an aromatic ring is 1. The Balaban J connectivity index is 1.95. The predicted octanol–water partition coefficient (Wildman–Crippen LogP) is 7.38. The lowest BCUT2D eigenvalue weighted by Crippen LogP contribution is -2.13. The highest BCUT2D eigenvalue weighted by Crippen LogP contribution is 2.32. The molecule has 1 atom stereocenters. The molecule has 3 nitrogen and oxygen atoms in total. The number of nitrogens with one attached hydrogen (secondary N) is 1. The van der Waals surface area contributed by atoms with Gasteiger partial charge in [-0.05, 0) is 89.6 Å². The van der Waals surface area contributed by atoms with Crippen LogP contribution in [0.3, 0.4) is 0 Å². The van der Waals surface area contributed by atoms with Crippen molar-refractivity contribution in [3.8, 4) is 5.75 Å². The maximum absolute atomic E-state index is 9.67. The van der Waals surface area contributed by atoms with E-state index in [2.05, 4.69) is 64.2 Å². The van der Waals surface area contributed by atoms with E-state index in [1.54, 1.807) is 12.1 Å². The maximum atomic E-state index is 9.67. The Kier molecular flexibility index (Phi) is 8.43. The van der Waals surface area contributed by atoms with E-state index in [4.69, 9.17) is 5.73 Å². The highest BCUT2D eigenvalue weighted by atomic mass is 16.3. The first-order valence-corrected chi connectivity index (χ1v) is 12.5. The van der Waals surface area contributed by atoms with Crippen LogP contribution in [0.15, 0.2) is 48.5 Å². The zero-order chi connectivity index (χ0) is 24.0. The number of hydrogen-bond donors (Lipinski definition) is 3. The third-order valence-corrected chi connectivity index (χ3v) is 6.73. The van der Waals surface area contributed by atoms with Crippen molar-refractivity contribution in [1.29, 1.82) is 0 Å². The fourth-order valence-corrected chi connectivity index (χ4v) is 4.76. The van der Waals surface area contributed by atoms with Crippen LogP contribution in [0, 0.1) is 0 Å². The Morgan fingerprint density at radius 1 is 0.727 bits per heavy atom. The number of rotatable bonds is 10. The molecule has 0 bridgehead atoms. The average molecular weight is 445 g/mol. The van der Waals surface area contributed by atoms with Crippen molar-refractivity contribution in [2.24, 2.45) is 0 Å². The van der Waals surface area contributed by atoms with Gasteiger partial charge in [0, 0.05) is 11.4 Å². The van der Waals surface area contributed by atoms with Gasteiger partial charge in [0.25, 0.3) is 0 Å². The highest BCUT2D eigenvalue weighted by Gasteiger charge is 2.16. The molecule has 0 aromatic heterocycles. The van der Waals surface area contributed by atoms with E-state index < -0.39 is 0 Å². The molecule has 0 spiro atoms. The smallest absolute Gasteiger partial charge is 0.115 e. The molecule has 0 aliphatic carbocycles. The second-order valence-corrected chi connectivity index (χ2v) is 8.90. The standard InChI is InChI=1S/C30H40N2O/c1-6-22-16-20(17-23(7-2)29(22)31)15-21-18-24(8-3)30(25(9-4)19-21)32-28(10-5)26-11-13-27(33)14-12-26/h11-14,16-19,28,32-33H,6-10,15,31H2,1-5H3. The van der Waals surface area contributed by atoms with Gasteiger partial charge in [0.2, 0.25) is 0 Å². The van der Waals surface area contributed by atoms with Crippen molar-refractivity contribution in [2.75, 3.05) is 11.1 Å². The summed E-state index contributed by atoms with van der Waals surface area (Å²) in [7, 11) is 0. The van der Waals surface area contributed by atoms with Crippen molar-refractivity contribution in [2.45, 2.75) is 79.2 Å².